The van der Waals surface area contributed by atoms with E-state index in [4.69, 9.17) is 9.47 Å². The molecule has 2 N–H and O–H groups in total. The Labute approximate surface area is 236 Å². The van der Waals surface area contributed by atoms with Crippen LogP contribution < -0.4 is 15.4 Å². The van der Waals surface area contributed by atoms with Gasteiger partial charge in [-0.1, -0.05) is 62.4 Å². The van der Waals surface area contributed by atoms with E-state index in [-0.39, 0.29) is 36.7 Å². The Kier molecular flexibility index (Phi) is 9.59. The largest absolute Gasteiger partial charge is 0.497 e. The van der Waals surface area contributed by atoms with E-state index in [0.29, 0.717) is 17.5 Å². The summed E-state index contributed by atoms with van der Waals surface area (Å²) in [7, 11) is 2.94. The van der Waals surface area contributed by atoms with Crippen LogP contribution in [0.3, 0.4) is 0 Å². The van der Waals surface area contributed by atoms with Crippen molar-refractivity contribution in [3.05, 3.63) is 89.0 Å². The molecule has 1 atom stereocenters. The van der Waals surface area contributed by atoms with Crippen LogP contribution in [0.1, 0.15) is 53.7 Å². The van der Waals surface area contributed by atoms with Crippen LogP contribution in [0.4, 0.5) is 0 Å². The molecule has 0 radical (unpaired) electrons. The molecule has 0 saturated heterocycles. The predicted octanol–water partition coefficient (Wildman–Crippen LogP) is 5.10. The highest BCUT2D eigenvalue weighted by atomic mass is 16.5. The van der Waals surface area contributed by atoms with Crippen molar-refractivity contribution in [2.75, 3.05) is 14.2 Å². The van der Waals surface area contributed by atoms with E-state index < -0.39 is 11.9 Å². The second-order valence-corrected chi connectivity index (χ2v) is 10.8. The summed E-state index contributed by atoms with van der Waals surface area (Å²) in [5, 5.41) is 6.18. The van der Waals surface area contributed by atoms with Gasteiger partial charge in [-0.15, -0.1) is 0 Å². The zero-order valence-corrected chi connectivity index (χ0v) is 23.7. The van der Waals surface area contributed by atoms with Gasteiger partial charge < -0.3 is 20.1 Å². The Morgan fingerprint density at radius 1 is 0.900 bits per heavy atom. The average molecular weight is 543 g/mol. The van der Waals surface area contributed by atoms with Gasteiger partial charge in [-0.05, 0) is 71.2 Å². The maximum atomic E-state index is 13.7. The quantitative estimate of drug-likeness (QED) is 0.329. The molecule has 210 valence electrons. The minimum atomic E-state index is -0.502. The molecule has 0 heterocycles. The Bertz CT molecular complexity index is 1340. The smallest absolute Gasteiger partial charge is 0.306 e. The number of carbonyl (C=O) groups excluding carboxylic acids is 3. The summed E-state index contributed by atoms with van der Waals surface area (Å²) in [4.78, 5) is 38.7. The third-order valence-corrected chi connectivity index (χ3v) is 7.36. The van der Waals surface area contributed by atoms with Crippen molar-refractivity contribution >= 4 is 17.8 Å². The first-order valence-corrected chi connectivity index (χ1v) is 13.8. The van der Waals surface area contributed by atoms with Crippen LogP contribution in [0.2, 0.25) is 0 Å². The lowest BCUT2D eigenvalue weighted by Crippen LogP contribution is -2.37. The Hall–Kier alpha value is -4.13. The monoisotopic (exact) mass is 542 g/mol. The second kappa shape index (κ2) is 13.3. The third kappa shape index (κ3) is 7.29. The number of carbonyl (C=O) groups is 3. The molecule has 1 aliphatic carbocycles. The molecule has 0 saturated carbocycles. The van der Waals surface area contributed by atoms with Gasteiger partial charge in [0.15, 0.2) is 0 Å². The zero-order chi connectivity index (χ0) is 28.6. The van der Waals surface area contributed by atoms with Crippen LogP contribution >= 0.6 is 0 Å². The van der Waals surface area contributed by atoms with Crippen LogP contribution in [0.25, 0.3) is 11.1 Å². The Morgan fingerprint density at radius 3 is 2.25 bits per heavy atom. The molecular formula is C33H38N2O5. The first-order valence-electron chi connectivity index (χ1n) is 13.8. The minimum absolute atomic E-state index is 0.00305. The highest BCUT2D eigenvalue weighted by molar-refractivity contribution is 5.97. The highest BCUT2D eigenvalue weighted by Crippen LogP contribution is 2.27. The molecule has 2 amide bonds. The fourth-order valence-electron chi connectivity index (χ4n) is 5.31. The van der Waals surface area contributed by atoms with Crippen LogP contribution in [-0.2, 0) is 33.7 Å². The van der Waals surface area contributed by atoms with Crippen LogP contribution in [0.5, 0.6) is 5.75 Å². The maximum absolute atomic E-state index is 13.7. The topological polar surface area (TPSA) is 93.7 Å². The molecule has 3 aromatic carbocycles. The van der Waals surface area contributed by atoms with E-state index in [0.717, 1.165) is 29.7 Å². The van der Waals surface area contributed by atoms with Gasteiger partial charge in [0.25, 0.3) is 5.91 Å². The van der Waals surface area contributed by atoms with Gasteiger partial charge in [0.05, 0.1) is 20.6 Å². The Balaban J connectivity index is 1.57. The van der Waals surface area contributed by atoms with Gasteiger partial charge in [-0.2, -0.15) is 0 Å². The van der Waals surface area contributed by atoms with Gasteiger partial charge in [0, 0.05) is 24.1 Å². The van der Waals surface area contributed by atoms with E-state index in [2.05, 4.69) is 22.8 Å². The molecule has 0 spiro atoms. The van der Waals surface area contributed by atoms with Crippen LogP contribution in [0, 0.1) is 11.8 Å². The minimum Gasteiger partial charge on any atom is -0.497 e. The third-order valence-electron chi connectivity index (χ3n) is 7.36. The standard InChI is InChI=1S/C33H38N2O5/c1-21(2)14-27(19-31(36)40-4)32(37)34-20-26-13-12-25(24-10-7-11-29(17-24)39-3)18-30(26)33(38)35-28-15-22-8-5-6-9-23(22)16-28/h5-13,17-18,21,27-28H,14-16,19-20H2,1-4H3,(H,34,37)(H,35,38)/t27-/m1/s1. The number of rotatable bonds is 11. The fourth-order valence-corrected chi connectivity index (χ4v) is 5.31. The zero-order valence-electron chi connectivity index (χ0n) is 23.7. The lowest BCUT2D eigenvalue weighted by atomic mass is 9.93. The lowest BCUT2D eigenvalue weighted by Gasteiger charge is -2.19. The molecule has 0 fully saturated rings. The van der Waals surface area contributed by atoms with E-state index in [1.54, 1.807) is 7.11 Å². The molecule has 4 rings (SSSR count). The summed E-state index contributed by atoms with van der Waals surface area (Å²) in [5.74, 6) is -0.364. The summed E-state index contributed by atoms with van der Waals surface area (Å²) in [6, 6.07) is 21.6. The van der Waals surface area contributed by atoms with E-state index in [9.17, 15) is 14.4 Å². The van der Waals surface area contributed by atoms with Gasteiger partial charge in [-0.3, -0.25) is 14.4 Å². The predicted molar refractivity (Wildman–Crippen MR) is 155 cm³/mol. The van der Waals surface area contributed by atoms with Crippen LogP contribution in [-0.4, -0.2) is 38.0 Å². The number of ether oxygens (including phenoxy) is 2. The fraction of sp³-hybridized carbons (Fsp3) is 0.364. The summed E-state index contributed by atoms with van der Waals surface area (Å²) >= 11 is 0. The van der Waals surface area contributed by atoms with Crippen molar-refractivity contribution in [2.24, 2.45) is 11.8 Å². The summed E-state index contributed by atoms with van der Waals surface area (Å²) < 4.78 is 10.2. The highest BCUT2D eigenvalue weighted by Gasteiger charge is 2.26. The molecule has 0 bridgehead atoms. The van der Waals surface area contributed by atoms with Crippen molar-refractivity contribution < 1.29 is 23.9 Å². The number of amides is 2. The van der Waals surface area contributed by atoms with E-state index in [1.807, 2.05) is 68.4 Å². The van der Waals surface area contributed by atoms with Crippen molar-refractivity contribution in [2.45, 2.75) is 52.1 Å². The number of hydrogen-bond acceptors (Lipinski definition) is 5. The molecule has 0 aromatic heterocycles. The molecule has 0 aliphatic heterocycles. The molecule has 7 nitrogen and oxygen atoms in total. The second-order valence-electron chi connectivity index (χ2n) is 10.8. The number of nitrogens with one attached hydrogen (secondary N) is 2. The van der Waals surface area contributed by atoms with Crippen molar-refractivity contribution in [1.82, 2.24) is 10.6 Å². The average Bonchev–Trinajstić information content (AvgIpc) is 3.37. The first kappa shape index (κ1) is 28.9. The summed E-state index contributed by atoms with van der Waals surface area (Å²) in [6.07, 6.45) is 2.15. The van der Waals surface area contributed by atoms with Gasteiger partial charge >= 0.3 is 5.97 Å². The number of esters is 1. The maximum Gasteiger partial charge on any atom is 0.306 e. The van der Waals surface area contributed by atoms with Gasteiger partial charge in [0.1, 0.15) is 5.75 Å². The van der Waals surface area contributed by atoms with Crippen molar-refractivity contribution in [3.63, 3.8) is 0 Å². The number of hydrogen-bond donors (Lipinski definition) is 2. The SMILES string of the molecule is COC(=O)C[C@@H](CC(C)C)C(=O)NCc1ccc(-c2cccc(OC)c2)cc1C(=O)NC1Cc2ccccc2C1. The molecule has 1 aliphatic rings. The summed E-state index contributed by atoms with van der Waals surface area (Å²) in [6.45, 7) is 4.19. The number of fused-ring (bicyclic) bond motifs is 1. The van der Waals surface area contributed by atoms with Crippen LogP contribution in [0.15, 0.2) is 66.7 Å². The van der Waals surface area contributed by atoms with E-state index in [1.165, 1.54) is 18.2 Å². The normalized spacial score (nSPS) is 13.4. The number of benzene rings is 3. The molecule has 0 unspecified atom stereocenters. The molecule has 7 heteroatoms. The number of methoxy groups -OCH3 is 2. The van der Waals surface area contributed by atoms with Gasteiger partial charge in [-0.25, -0.2) is 0 Å². The molecule has 40 heavy (non-hydrogen) atoms. The van der Waals surface area contributed by atoms with Crippen molar-refractivity contribution in [3.8, 4) is 16.9 Å². The summed E-state index contributed by atoms with van der Waals surface area (Å²) in [5.41, 5.74) is 5.52. The van der Waals surface area contributed by atoms with Crippen molar-refractivity contribution in [1.29, 1.82) is 0 Å². The van der Waals surface area contributed by atoms with Gasteiger partial charge in [0.2, 0.25) is 5.91 Å². The van der Waals surface area contributed by atoms with E-state index >= 15 is 0 Å². The first-order chi connectivity index (χ1) is 19.3. The molecule has 3 aromatic rings. The molecular weight excluding hydrogens is 504 g/mol. The lowest BCUT2D eigenvalue weighted by molar-refractivity contribution is -0.144. The Morgan fingerprint density at radius 2 is 1.60 bits per heavy atom.